The second-order valence-corrected chi connectivity index (χ2v) is 4.46. The second kappa shape index (κ2) is 3.44. The fourth-order valence-corrected chi connectivity index (χ4v) is 2.70. The normalized spacial score (nSPS) is 23.1. The predicted octanol–water partition coefficient (Wildman–Crippen LogP) is 2.01. The van der Waals surface area contributed by atoms with Crippen molar-refractivity contribution in [1.82, 2.24) is 0 Å². The number of nitrogens with zero attached hydrogens (tertiary/aromatic N) is 1. The molecule has 1 saturated carbocycles. The zero-order valence-corrected chi connectivity index (χ0v) is 9.12. The summed E-state index contributed by atoms with van der Waals surface area (Å²) in [4.78, 5) is 15.9. The molecule has 16 heavy (non-hydrogen) atoms. The van der Waals surface area contributed by atoms with Gasteiger partial charge < -0.3 is 5.73 Å². The van der Waals surface area contributed by atoms with E-state index in [9.17, 15) is 4.79 Å². The van der Waals surface area contributed by atoms with Crippen LogP contribution in [0.15, 0.2) is 39.6 Å². The first-order chi connectivity index (χ1) is 7.77. The Labute approximate surface area is 94.4 Å². The Bertz CT molecular complexity index is 492. The number of hydrogen-bond acceptors (Lipinski definition) is 2. The average molecular weight is 214 g/mol. The molecule has 0 saturated heterocycles. The van der Waals surface area contributed by atoms with Crippen molar-refractivity contribution in [3.63, 3.8) is 0 Å². The van der Waals surface area contributed by atoms with Gasteiger partial charge in [0.05, 0.1) is 11.3 Å². The zero-order valence-electron chi connectivity index (χ0n) is 9.12. The summed E-state index contributed by atoms with van der Waals surface area (Å²) in [6.45, 7) is 0. The van der Waals surface area contributed by atoms with Crippen molar-refractivity contribution in [2.45, 2.75) is 32.1 Å². The number of nitrogens with two attached hydrogens (primary N) is 1. The van der Waals surface area contributed by atoms with Crippen LogP contribution in [-0.4, -0.2) is 11.6 Å². The van der Waals surface area contributed by atoms with Gasteiger partial charge in [0.2, 0.25) is 0 Å². The highest BCUT2D eigenvalue weighted by Crippen LogP contribution is 2.39. The van der Waals surface area contributed by atoms with Crippen LogP contribution in [0.4, 0.5) is 0 Å². The number of aliphatic imine (C=N–C) groups is 1. The summed E-state index contributed by atoms with van der Waals surface area (Å²) in [7, 11) is 0. The van der Waals surface area contributed by atoms with Gasteiger partial charge in [-0.2, -0.15) is 0 Å². The quantitative estimate of drug-likeness (QED) is 0.713. The fourth-order valence-electron chi connectivity index (χ4n) is 2.70. The van der Waals surface area contributed by atoms with Crippen LogP contribution in [0.5, 0.6) is 0 Å². The van der Waals surface area contributed by atoms with Gasteiger partial charge in [-0.15, -0.1) is 0 Å². The minimum absolute atomic E-state index is 0.368. The molecule has 0 aromatic carbocycles. The van der Waals surface area contributed by atoms with Crippen LogP contribution in [0.3, 0.4) is 0 Å². The number of allylic oxidation sites excluding steroid dienone is 3. The van der Waals surface area contributed by atoms with Gasteiger partial charge in [-0.05, 0) is 43.3 Å². The fraction of sp³-hybridized carbons (Fsp3) is 0.385. The van der Waals surface area contributed by atoms with Gasteiger partial charge in [0.25, 0.3) is 5.91 Å². The summed E-state index contributed by atoms with van der Waals surface area (Å²) in [6, 6.07) is 0. The number of amides is 1. The molecule has 2 aliphatic carbocycles. The van der Waals surface area contributed by atoms with Crippen LogP contribution in [0.25, 0.3) is 0 Å². The summed E-state index contributed by atoms with van der Waals surface area (Å²) in [6.07, 6.45) is 9.32. The summed E-state index contributed by atoms with van der Waals surface area (Å²) in [5.74, 6) is -0.368. The molecule has 3 aliphatic rings. The van der Waals surface area contributed by atoms with Crippen molar-refractivity contribution in [2.24, 2.45) is 10.7 Å². The SMILES string of the molecule is NC(=O)C1=C2N=C3CCCCC3=C2CC=C1. The Morgan fingerprint density at radius 3 is 2.88 bits per heavy atom. The summed E-state index contributed by atoms with van der Waals surface area (Å²) < 4.78 is 0. The molecule has 2 N–H and O–H groups in total. The first-order valence-electron chi connectivity index (χ1n) is 5.78. The van der Waals surface area contributed by atoms with Crippen LogP contribution in [0.2, 0.25) is 0 Å². The number of fused-ring (bicyclic) bond motifs is 2. The zero-order chi connectivity index (χ0) is 11.1. The first kappa shape index (κ1) is 9.58. The highest BCUT2D eigenvalue weighted by molar-refractivity contribution is 6.08. The topological polar surface area (TPSA) is 55.5 Å². The Kier molecular flexibility index (Phi) is 2.06. The minimum atomic E-state index is -0.368. The molecule has 0 bridgehead atoms. The van der Waals surface area contributed by atoms with Crippen molar-refractivity contribution >= 4 is 11.6 Å². The van der Waals surface area contributed by atoms with Gasteiger partial charge in [-0.25, -0.2) is 0 Å². The van der Waals surface area contributed by atoms with Crippen molar-refractivity contribution in [3.8, 4) is 0 Å². The molecule has 0 atom stereocenters. The van der Waals surface area contributed by atoms with E-state index in [1.54, 1.807) is 0 Å². The smallest absolute Gasteiger partial charge is 0.250 e. The molecule has 0 unspecified atom stereocenters. The van der Waals surface area contributed by atoms with Crippen molar-refractivity contribution < 1.29 is 4.79 Å². The number of carbonyl (C=O) groups is 1. The lowest BCUT2D eigenvalue weighted by Crippen LogP contribution is -2.15. The van der Waals surface area contributed by atoms with Crippen LogP contribution in [-0.2, 0) is 4.79 Å². The monoisotopic (exact) mass is 214 g/mol. The van der Waals surface area contributed by atoms with Gasteiger partial charge in [0.1, 0.15) is 0 Å². The van der Waals surface area contributed by atoms with E-state index < -0.39 is 0 Å². The van der Waals surface area contributed by atoms with E-state index in [4.69, 9.17) is 5.73 Å². The molecule has 3 nitrogen and oxygen atoms in total. The number of rotatable bonds is 1. The van der Waals surface area contributed by atoms with Crippen molar-refractivity contribution in [3.05, 3.63) is 34.6 Å². The molecule has 82 valence electrons. The maximum Gasteiger partial charge on any atom is 0.250 e. The molecule has 1 heterocycles. The molecular formula is C13H14N2O. The van der Waals surface area contributed by atoms with E-state index in [1.165, 1.54) is 29.7 Å². The molecule has 3 rings (SSSR count). The lowest BCUT2D eigenvalue weighted by Gasteiger charge is -2.15. The van der Waals surface area contributed by atoms with Gasteiger partial charge in [0, 0.05) is 5.71 Å². The van der Waals surface area contributed by atoms with E-state index in [0.717, 1.165) is 25.0 Å². The van der Waals surface area contributed by atoms with E-state index in [1.807, 2.05) is 12.2 Å². The molecule has 3 heteroatoms. The largest absolute Gasteiger partial charge is 0.366 e. The summed E-state index contributed by atoms with van der Waals surface area (Å²) in [5.41, 5.74) is 10.6. The van der Waals surface area contributed by atoms with Crippen molar-refractivity contribution in [1.29, 1.82) is 0 Å². The molecule has 0 spiro atoms. The van der Waals surface area contributed by atoms with Gasteiger partial charge in [-0.3, -0.25) is 9.79 Å². The lowest BCUT2D eigenvalue weighted by molar-refractivity contribution is -0.114. The Balaban J connectivity index is 2.16. The molecule has 0 aromatic rings. The Morgan fingerprint density at radius 2 is 2.06 bits per heavy atom. The average Bonchev–Trinajstić information content (AvgIpc) is 2.67. The molecule has 1 aliphatic heterocycles. The highest BCUT2D eigenvalue weighted by Gasteiger charge is 2.29. The maximum absolute atomic E-state index is 11.3. The summed E-state index contributed by atoms with van der Waals surface area (Å²) in [5, 5.41) is 0. The Hall–Kier alpha value is -1.64. The lowest BCUT2D eigenvalue weighted by atomic mass is 9.87. The molecule has 1 fully saturated rings. The van der Waals surface area contributed by atoms with E-state index in [2.05, 4.69) is 4.99 Å². The molecule has 0 aromatic heterocycles. The van der Waals surface area contributed by atoms with Crippen LogP contribution in [0, 0.1) is 0 Å². The first-order valence-corrected chi connectivity index (χ1v) is 5.78. The predicted molar refractivity (Wildman–Crippen MR) is 62.9 cm³/mol. The second-order valence-electron chi connectivity index (χ2n) is 4.46. The van der Waals surface area contributed by atoms with Gasteiger partial charge >= 0.3 is 0 Å². The van der Waals surface area contributed by atoms with E-state index in [0.29, 0.717) is 5.57 Å². The number of primary amides is 1. The molecule has 1 amide bonds. The minimum Gasteiger partial charge on any atom is -0.366 e. The summed E-state index contributed by atoms with van der Waals surface area (Å²) >= 11 is 0. The van der Waals surface area contributed by atoms with E-state index in [-0.39, 0.29) is 5.91 Å². The standard InChI is InChI=1S/C13H14N2O/c14-13(16)10-6-3-5-9-8-4-1-2-7-11(8)15-12(9)10/h3,6H,1-2,4-5,7H2,(H2,14,16). The number of hydrogen-bond donors (Lipinski definition) is 1. The van der Waals surface area contributed by atoms with Gasteiger partial charge in [0.15, 0.2) is 0 Å². The highest BCUT2D eigenvalue weighted by atomic mass is 16.1. The molecular weight excluding hydrogens is 200 g/mol. The van der Waals surface area contributed by atoms with Crippen molar-refractivity contribution in [2.75, 3.05) is 0 Å². The Morgan fingerprint density at radius 1 is 1.25 bits per heavy atom. The van der Waals surface area contributed by atoms with Crippen LogP contribution >= 0.6 is 0 Å². The molecule has 0 radical (unpaired) electrons. The van der Waals surface area contributed by atoms with E-state index >= 15 is 0 Å². The van der Waals surface area contributed by atoms with Crippen LogP contribution in [0.1, 0.15) is 32.1 Å². The third-order valence-corrected chi connectivity index (χ3v) is 3.46. The third-order valence-electron chi connectivity index (χ3n) is 3.46. The van der Waals surface area contributed by atoms with Gasteiger partial charge in [-0.1, -0.05) is 12.2 Å². The van der Waals surface area contributed by atoms with Crippen LogP contribution < -0.4 is 5.73 Å². The maximum atomic E-state index is 11.3. The number of carbonyl (C=O) groups excluding carboxylic acids is 1. The third kappa shape index (κ3) is 1.28.